The SMILES string of the molecule is Cc1nc(CN(C)C)n(-c2ccccc2C2(C(=O)C3(c4ccccc4-n4c(CN(C)C)nc(C)c4CO)C=CC(C(F)(F)F)=CN3)C=CC(C(F)(F)F)=CN2)c1CO. The van der Waals surface area contributed by atoms with Crippen LogP contribution in [0.15, 0.2) is 96.4 Å². The number of carbonyl (C=O) groups excluding carboxylic acids is 1. The summed E-state index contributed by atoms with van der Waals surface area (Å²) in [5.74, 6) is -0.0147. The molecule has 6 rings (SSSR count). The maximum Gasteiger partial charge on any atom is 0.417 e. The van der Waals surface area contributed by atoms with E-state index in [1.165, 1.54) is 12.1 Å². The minimum absolute atomic E-state index is 0.112. The molecular weight excluding hydrogens is 766 g/mol. The number of aliphatic hydroxyl groups excluding tert-OH is 2. The maximum absolute atomic E-state index is 16.1. The third-order valence-corrected chi connectivity index (χ3v) is 10.1. The van der Waals surface area contributed by atoms with Crippen molar-refractivity contribution in [2.24, 2.45) is 0 Å². The Labute approximate surface area is 331 Å². The molecule has 11 nitrogen and oxygen atoms in total. The van der Waals surface area contributed by atoms with Crippen molar-refractivity contribution in [1.29, 1.82) is 0 Å². The number of halogens is 6. The Morgan fingerprint density at radius 2 is 1.03 bits per heavy atom. The van der Waals surface area contributed by atoms with Gasteiger partial charge in [-0.05, 0) is 78.5 Å². The topological polar surface area (TPSA) is 124 Å². The van der Waals surface area contributed by atoms with E-state index in [9.17, 15) is 36.6 Å². The molecule has 0 spiro atoms. The number of allylic oxidation sites excluding steroid dienone is 4. The molecule has 2 unspecified atom stereocenters. The van der Waals surface area contributed by atoms with Gasteiger partial charge in [0.25, 0.3) is 0 Å². The van der Waals surface area contributed by atoms with Crippen molar-refractivity contribution in [2.45, 2.75) is 63.6 Å². The zero-order chi connectivity index (χ0) is 42.4. The molecule has 2 atom stereocenters. The van der Waals surface area contributed by atoms with Gasteiger partial charge in [-0.15, -0.1) is 0 Å². The summed E-state index contributed by atoms with van der Waals surface area (Å²) >= 11 is 0. The molecule has 4 N–H and O–H groups in total. The Kier molecular flexibility index (Phi) is 11.4. The maximum atomic E-state index is 16.1. The summed E-state index contributed by atoms with van der Waals surface area (Å²) < 4.78 is 88.8. The number of aryl methyl sites for hydroxylation is 2. The van der Waals surface area contributed by atoms with Crippen molar-refractivity contribution in [2.75, 3.05) is 28.2 Å². The van der Waals surface area contributed by atoms with Crippen molar-refractivity contribution < 1.29 is 41.4 Å². The van der Waals surface area contributed by atoms with Crippen molar-refractivity contribution >= 4 is 5.78 Å². The highest BCUT2D eigenvalue weighted by atomic mass is 19.4. The van der Waals surface area contributed by atoms with Crippen LogP contribution in [0.2, 0.25) is 0 Å². The second kappa shape index (κ2) is 15.7. The molecule has 17 heteroatoms. The normalized spacial score (nSPS) is 19.7. The molecule has 2 aromatic heterocycles. The van der Waals surface area contributed by atoms with Crippen LogP contribution in [0.5, 0.6) is 0 Å². The minimum Gasteiger partial charge on any atom is -0.390 e. The van der Waals surface area contributed by atoms with E-state index in [2.05, 4.69) is 20.6 Å². The molecule has 2 aromatic carbocycles. The van der Waals surface area contributed by atoms with Gasteiger partial charge in [-0.1, -0.05) is 36.4 Å². The van der Waals surface area contributed by atoms with Gasteiger partial charge < -0.3 is 30.6 Å². The molecule has 0 amide bonds. The molecule has 0 fully saturated rings. The minimum atomic E-state index is -4.83. The zero-order valence-corrected chi connectivity index (χ0v) is 32.7. The molecule has 0 saturated carbocycles. The number of nitrogens with one attached hydrogen (secondary N) is 2. The van der Waals surface area contributed by atoms with Gasteiger partial charge in [0.2, 0.25) is 5.78 Å². The number of carbonyl (C=O) groups is 1. The number of rotatable bonds is 12. The fourth-order valence-corrected chi connectivity index (χ4v) is 7.50. The average Bonchev–Trinajstić information content (AvgIpc) is 3.65. The number of hydrogen-bond acceptors (Lipinski definition) is 9. The number of ketones is 1. The Balaban J connectivity index is 1.69. The predicted octanol–water partition coefficient (Wildman–Crippen LogP) is 5.65. The van der Waals surface area contributed by atoms with Gasteiger partial charge in [0.1, 0.15) is 22.7 Å². The molecule has 2 aliphatic heterocycles. The summed E-state index contributed by atoms with van der Waals surface area (Å²) in [6.07, 6.45) is -4.67. The van der Waals surface area contributed by atoms with Gasteiger partial charge in [0.15, 0.2) is 0 Å². The second-order valence-electron chi connectivity index (χ2n) is 14.7. The number of dihydropyridines is 2. The Morgan fingerprint density at radius 1 is 0.672 bits per heavy atom. The van der Waals surface area contributed by atoms with Crippen molar-refractivity contribution in [1.82, 2.24) is 39.5 Å². The first-order valence-corrected chi connectivity index (χ1v) is 18.2. The van der Waals surface area contributed by atoms with Gasteiger partial charge in [0.05, 0.1) is 71.6 Å². The van der Waals surface area contributed by atoms with Crippen molar-refractivity contribution in [3.05, 3.63) is 142 Å². The largest absolute Gasteiger partial charge is 0.417 e. The first-order chi connectivity index (χ1) is 27.3. The van der Waals surface area contributed by atoms with E-state index in [0.717, 1.165) is 24.3 Å². The third kappa shape index (κ3) is 7.50. The second-order valence-corrected chi connectivity index (χ2v) is 14.7. The summed E-state index contributed by atoms with van der Waals surface area (Å²) in [5.41, 5.74) is -4.24. The van der Waals surface area contributed by atoms with Crippen LogP contribution in [0, 0.1) is 13.8 Å². The monoisotopic (exact) mass is 810 g/mol. The number of aliphatic hydroxyl groups is 2. The van der Waals surface area contributed by atoms with E-state index in [1.54, 1.807) is 87.6 Å². The van der Waals surface area contributed by atoms with Gasteiger partial charge >= 0.3 is 12.4 Å². The van der Waals surface area contributed by atoms with Crippen LogP contribution in [-0.2, 0) is 42.2 Å². The average molecular weight is 811 g/mol. The van der Waals surface area contributed by atoms with Gasteiger partial charge in [-0.2, -0.15) is 26.3 Å². The molecule has 0 radical (unpaired) electrons. The van der Waals surface area contributed by atoms with Crippen LogP contribution < -0.4 is 10.6 Å². The summed E-state index contributed by atoms with van der Waals surface area (Å²) in [5, 5.41) is 26.7. The van der Waals surface area contributed by atoms with Crippen LogP contribution in [0.3, 0.4) is 0 Å². The highest BCUT2D eigenvalue weighted by Crippen LogP contribution is 2.45. The van der Waals surface area contributed by atoms with Crippen LogP contribution in [0.4, 0.5) is 26.3 Å². The molecule has 0 saturated heterocycles. The molecule has 0 bridgehead atoms. The number of Topliss-reactive ketones (excluding diaryl/α,β-unsaturated/α-hetero) is 1. The summed E-state index contributed by atoms with van der Waals surface area (Å²) in [6, 6.07) is 12.8. The number of para-hydroxylation sites is 2. The molecule has 308 valence electrons. The molecule has 4 aromatic rings. The Morgan fingerprint density at radius 3 is 1.33 bits per heavy atom. The molecular formula is C41H44F6N8O3. The van der Waals surface area contributed by atoms with Gasteiger partial charge in [-0.3, -0.25) is 13.9 Å². The first kappa shape index (κ1) is 42.1. The van der Waals surface area contributed by atoms with Crippen LogP contribution >= 0.6 is 0 Å². The van der Waals surface area contributed by atoms with Gasteiger partial charge in [0, 0.05) is 23.5 Å². The lowest BCUT2D eigenvalue weighted by Crippen LogP contribution is -2.60. The highest BCUT2D eigenvalue weighted by Gasteiger charge is 2.54. The predicted molar refractivity (Wildman–Crippen MR) is 204 cm³/mol. The molecule has 0 aliphatic carbocycles. The fraction of sp³-hybridized carbons (Fsp3) is 0.341. The number of hydrogen-bond donors (Lipinski definition) is 4. The van der Waals surface area contributed by atoms with E-state index in [4.69, 9.17) is 0 Å². The zero-order valence-electron chi connectivity index (χ0n) is 32.7. The van der Waals surface area contributed by atoms with Crippen molar-refractivity contribution in [3.63, 3.8) is 0 Å². The lowest BCUT2D eigenvalue weighted by Gasteiger charge is -2.44. The number of alkyl halides is 6. The molecule has 2 aliphatic rings. The van der Waals surface area contributed by atoms with E-state index in [1.807, 2.05) is 9.80 Å². The van der Waals surface area contributed by atoms with E-state index in [-0.39, 0.29) is 35.6 Å². The van der Waals surface area contributed by atoms with Gasteiger partial charge in [-0.25, -0.2) is 9.97 Å². The third-order valence-electron chi connectivity index (χ3n) is 10.1. The van der Waals surface area contributed by atoms with Crippen molar-refractivity contribution in [3.8, 4) is 11.4 Å². The molecule has 58 heavy (non-hydrogen) atoms. The summed E-state index contributed by atoms with van der Waals surface area (Å²) in [6.45, 7) is 2.94. The standard InChI is InChI=1S/C41H44F6N8O3/c1-25-33(23-56)54(35(50-25)21-52(3)4)31-13-9-7-11-29(31)38(17-15-27(19-48-38)40(42,43)44)37(58)39(18-16-28(20-49-39)41(45,46)47)30-12-8-10-14-32(30)55-34(24-57)26(2)51-36(55)22-53(5)6/h7-20,48-49,56-57H,21-24H2,1-6H3. The summed E-state index contributed by atoms with van der Waals surface area (Å²) in [4.78, 5) is 29.1. The summed E-state index contributed by atoms with van der Waals surface area (Å²) in [7, 11) is 7.21. The van der Waals surface area contributed by atoms with Crippen LogP contribution in [0.25, 0.3) is 11.4 Å². The lowest BCUT2D eigenvalue weighted by atomic mass is 9.70. The van der Waals surface area contributed by atoms with E-state index < -0.39 is 53.6 Å². The fourth-order valence-electron chi connectivity index (χ4n) is 7.50. The number of nitrogens with zero attached hydrogens (tertiary/aromatic N) is 6. The van der Waals surface area contributed by atoms with E-state index in [0.29, 0.717) is 46.8 Å². The first-order valence-electron chi connectivity index (χ1n) is 18.2. The number of imidazole rings is 2. The Hall–Kier alpha value is -5.49. The van der Waals surface area contributed by atoms with E-state index >= 15 is 4.79 Å². The Bertz CT molecular complexity index is 2180. The van der Waals surface area contributed by atoms with Crippen LogP contribution in [-0.4, -0.2) is 85.4 Å². The lowest BCUT2D eigenvalue weighted by molar-refractivity contribution is -0.129. The number of benzene rings is 2. The quantitative estimate of drug-likeness (QED) is 0.135. The number of aromatic nitrogens is 4. The van der Waals surface area contributed by atoms with Crippen LogP contribution in [0.1, 0.15) is 45.6 Å². The smallest absolute Gasteiger partial charge is 0.390 e. The molecule has 4 heterocycles. The highest BCUT2D eigenvalue weighted by molar-refractivity contribution is 6.03.